The lowest BCUT2D eigenvalue weighted by molar-refractivity contribution is -0.132. The molecule has 0 radical (unpaired) electrons. The third kappa shape index (κ3) is 7.99. The summed E-state index contributed by atoms with van der Waals surface area (Å²) in [6.45, 7) is 9.64. The Kier molecular flexibility index (Phi) is 11.8. The number of hydrazone groups is 1. The van der Waals surface area contributed by atoms with Gasteiger partial charge in [0.15, 0.2) is 5.83 Å². The molecule has 0 bridgehead atoms. The number of likely N-dealkylation sites (tertiary alicyclic amines) is 1. The Morgan fingerprint density at radius 3 is 2.36 bits per heavy atom. The number of rotatable bonds is 11. The Hall–Kier alpha value is -5.72. The summed E-state index contributed by atoms with van der Waals surface area (Å²) in [6, 6.07) is 29.8. The lowest BCUT2D eigenvalue weighted by atomic mass is 9.62. The minimum Gasteiger partial charge on any atom is -0.402 e. The first-order chi connectivity index (χ1) is 29.8. The molecule has 1 amide bonds. The zero-order valence-corrected chi connectivity index (χ0v) is 35.8. The van der Waals surface area contributed by atoms with Crippen molar-refractivity contribution in [2.75, 3.05) is 57.3 Å². The van der Waals surface area contributed by atoms with Crippen LogP contribution in [0.15, 0.2) is 160 Å². The molecule has 0 aromatic heterocycles. The lowest BCUT2D eigenvalue weighted by Crippen LogP contribution is -2.56. The van der Waals surface area contributed by atoms with Crippen LogP contribution in [0.3, 0.4) is 0 Å². The average Bonchev–Trinajstić information content (AvgIpc) is 3.92. The van der Waals surface area contributed by atoms with Crippen LogP contribution in [0.25, 0.3) is 5.70 Å². The molecule has 0 saturated carbocycles. The molecule has 12 heteroatoms. The van der Waals surface area contributed by atoms with Gasteiger partial charge in [0.05, 0.1) is 24.5 Å². The van der Waals surface area contributed by atoms with Gasteiger partial charge >= 0.3 is 0 Å². The number of benzene rings is 3. The number of halogens is 2. The molecule has 0 spiro atoms. The van der Waals surface area contributed by atoms with E-state index in [4.69, 9.17) is 10.8 Å². The van der Waals surface area contributed by atoms with Gasteiger partial charge in [0.25, 0.3) is 0 Å². The van der Waals surface area contributed by atoms with E-state index >= 15 is 0 Å². The van der Waals surface area contributed by atoms with Crippen molar-refractivity contribution in [3.05, 3.63) is 156 Å². The standard InChI is InChI=1S/C49H51BrFN9O/c1-34(54-30-40(51)28-52)35-16-18-41(19-17-35)58-22-24-59(25-23-58)47(61)32-57-21-20-36(31-57)42-14-8-9-15-44(42)49(38-10-4-2-5-11-38,39-12-6-3-7-13-39)60-46-26-37-29-53-33-55-45(37)27-43(46)48(50)56-60/h2-19,27-28,30,33,36-37,42,44,46H,1,20-26,29,31-32,52H2/b40-28+,54-30?/t36-,37?,42?,44?,46?/m1/s1. The van der Waals surface area contributed by atoms with Gasteiger partial charge in [0.1, 0.15) is 16.5 Å². The molecule has 312 valence electrons. The Labute approximate surface area is 366 Å². The van der Waals surface area contributed by atoms with Crippen molar-refractivity contribution in [2.45, 2.75) is 24.4 Å². The number of carbonyl (C=O) groups excluding carboxylic acids is 1. The van der Waals surface area contributed by atoms with Crippen molar-refractivity contribution in [1.82, 2.24) is 14.8 Å². The van der Waals surface area contributed by atoms with Crippen LogP contribution in [-0.4, -0.2) is 102 Å². The number of piperazine rings is 1. The predicted octanol–water partition coefficient (Wildman–Crippen LogP) is 7.59. The summed E-state index contributed by atoms with van der Waals surface area (Å²) >= 11 is 3.93. The van der Waals surface area contributed by atoms with Gasteiger partial charge in [0.2, 0.25) is 5.91 Å². The second-order valence-corrected chi connectivity index (χ2v) is 17.4. The van der Waals surface area contributed by atoms with Gasteiger partial charge in [-0.1, -0.05) is 104 Å². The molecule has 2 N–H and O–H groups in total. The van der Waals surface area contributed by atoms with Crippen molar-refractivity contribution >= 4 is 56.1 Å². The molecular weight excluding hydrogens is 830 g/mol. The van der Waals surface area contributed by atoms with Crippen molar-refractivity contribution in [1.29, 1.82) is 0 Å². The van der Waals surface area contributed by atoms with Gasteiger partial charge < -0.3 is 15.5 Å². The summed E-state index contributed by atoms with van der Waals surface area (Å²) < 4.78 is 14.3. The van der Waals surface area contributed by atoms with Crippen LogP contribution in [0.5, 0.6) is 0 Å². The number of nitrogens with zero attached hydrogens (tertiary/aromatic N) is 8. The number of amides is 1. The Bertz CT molecular complexity index is 2320. The fraction of sp³-hybridized carbons (Fsp3) is 0.327. The Morgan fingerprint density at radius 2 is 1.66 bits per heavy atom. The van der Waals surface area contributed by atoms with E-state index in [2.05, 4.69) is 143 Å². The SMILES string of the molecule is C=C(N=C/C(F)=C\N)c1ccc(N2CCN(C(=O)CN3CC[C@@H](C4C=CC=CC4C(c4ccccc4)(c4ccccc4)N4N=C(Br)C5=CC6=NC=NCC6CC54)C3)CC2)cc1. The summed E-state index contributed by atoms with van der Waals surface area (Å²) in [5.74, 6) is 0.369. The molecule has 61 heavy (non-hydrogen) atoms. The van der Waals surface area contributed by atoms with Crippen LogP contribution in [-0.2, 0) is 10.3 Å². The number of allylic oxidation sites excluding steroid dienone is 5. The monoisotopic (exact) mass is 879 g/mol. The second kappa shape index (κ2) is 17.7. The first-order valence-electron chi connectivity index (χ1n) is 21.3. The number of hydrogen-bond donors (Lipinski definition) is 1. The van der Waals surface area contributed by atoms with Gasteiger partial charge in [-0.3, -0.25) is 24.7 Å². The molecule has 6 aliphatic rings. The maximum absolute atomic E-state index is 13.9. The highest BCUT2D eigenvalue weighted by molar-refractivity contribution is 9.18. The minimum absolute atomic E-state index is 0.0285. The van der Waals surface area contributed by atoms with Crippen molar-refractivity contribution in [3.8, 4) is 0 Å². The maximum atomic E-state index is 13.9. The van der Waals surface area contributed by atoms with E-state index < -0.39 is 11.4 Å². The van der Waals surface area contributed by atoms with Gasteiger partial charge in [-0.05, 0) is 82.1 Å². The average molecular weight is 881 g/mol. The number of carbonyl (C=O) groups is 1. The normalized spacial score (nSPS) is 25.3. The lowest BCUT2D eigenvalue weighted by Gasteiger charge is -2.52. The molecule has 3 aromatic carbocycles. The van der Waals surface area contributed by atoms with Crippen LogP contribution in [0, 0.1) is 23.7 Å². The number of hydrogen-bond acceptors (Lipinski definition) is 9. The molecule has 9 rings (SSSR count). The van der Waals surface area contributed by atoms with Crippen LogP contribution >= 0.6 is 15.9 Å². The highest BCUT2D eigenvalue weighted by Gasteiger charge is 2.56. The molecule has 10 nitrogen and oxygen atoms in total. The second-order valence-electron chi connectivity index (χ2n) is 16.6. The first-order valence-corrected chi connectivity index (χ1v) is 22.1. The topological polar surface area (TPSA) is 105 Å². The first kappa shape index (κ1) is 40.7. The third-order valence-corrected chi connectivity index (χ3v) is 13.9. The molecule has 2 saturated heterocycles. The predicted molar refractivity (Wildman–Crippen MR) is 249 cm³/mol. The number of fused-ring (bicyclic) bond motifs is 2. The summed E-state index contributed by atoms with van der Waals surface area (Å²) in [7, 11) is 0. The summed E-state index contributed by atoms with van der Waals surface area (Å²) in [5, 5.41) is 7.89. The number of nitrogens with two attached hydrogens (primary N) is 1. The molecular formula is C49H51BrFN9O. The van der Waals surface area contributed by atoms with Gasteiger partial charge in [-0.25, -0.2) is 9.38 Å². The third-order valence-electron chi connectivity index (χ3n) is 13.3. The molecule has 2 fully saturated rings. The molecule has 2 aliphatic carbocycles. The van der Waals surface area contributed by atoms with E-state index in [1.54, 1.807) is 6.34 Å². The zero-order valence-electron chi connectivity index (χ0n) is 34.2. The highest BCUT2D eigenvalue weighted by atomic mass is 79.9. The van der Waals surface area contributed by atoms with E-state index in [1.807, 2.05) is 29.2 Å². The van der Waals surface area contributed by atoms with Crippen LogP contribution in [0.1, 0.15) is 29.5 Å². The minimum atomic E-state index is -0.646. The van der Waals surface area contributed by atoms with Gasteiger partial charge in [0, 0.05) is 74.3 Å². The molecule has 4 unspecified atom stereocenters. The van der Waals surface area contributed by atoms with E-state index in [0.29, 0.717) is 31.2 Å². The largest absolute Gasteiger partial charge is 0.402 e. The van der Waals surface area contributed by atoms with Crippen LogP contribution < -0.4 is 10.6 Å². The fourth-order valence-corrected chi connectivity index (χ4v) is 10.8. The Morgan fingerprint density at radius 1 is 0.951 bits per heavy atom. The van der Waals surface area contributed by atoms with Crippen LogP contribution in [0.4, 0.5) is 10.1 Å². The Balaban J connectivity index is 0.920. The van der Waals surface area contributed by atoms with Crippen molar-refractivity contribution in [3.63, 3.8) is 0 Å². The quantitative estimate of drug-likeness (QED) is 0.200. The zero-order chi connectivity index (χ0) is 41.9. The van der Waals surface area contributed by atoms with E-state index in [9.17, 15) is 9.18 Å². The summed E-state index contributed by atoms with van der Waals surface area (Å²) in [6.07, 6.45) is 17.0. The van der Waals surface area contributed by atoms with Crippen molar-refractivity contribution < 1.29 is 9.18 Å². The van der Waals surface area contributed by atoms with E-state index in [-0.39, 0.29) is 29.7 Å². The van der Waals surface area contributed by atoms with Crippen molar-refractivity contribution in [2.24, 2.45) is 49.5 Å². The summed E-state index contributed by atoms with van der Waals surface area (Å²) in [5.41, 5.74) is 11.5. The van der Waals surface area contributed by atoms with E-state index in [1.165, 1.54) is 16.7 Å². The fourth-order valence-electron chi connectivity index (χ4n) is 10.3. The highest BCUT2D eigenvalue weighted by Crippen LogP contribution is 2.54. The number of anilines is 1. The molecule has 4 heterocycles. The van der Waals surface area contributed by atoms with E-state index in [0.717, 1.165) is 79.6 Å². The smallest absolute Gasteiger partial charge is 0.236 e. The molecule has 4 aliphatic heterocycles. The number of aliphatic imine (C=N–C) groups is 3. The summed E-state index contributed by atoms with van der Waals surface area (Å²) in [4.78, 5) is 33.9. The van der Waals surface area contributed by atoms with Crippen LogP contribution in [0.2, 0.25) is 0 Å². The van der Waals surface area contributed by atoms with Gasteiger partial charge in [-0.15, -0.1) is 0 Å². The maximum Gasteiger partial charge on any atom is 0.236 e. The van der Waals surface area contributed by atoms with Gasteiger partial charge in [-0.2, -0.15) is 5.10 Å². The molecule has 5 atom stereocenters. The molecule has 3 aromatic rings.